The molecule has 1 N–H and O–H groups in total. The number of Topliss-reactive ketones (excluding diaryl/α,β-unsaturated/α-hetero) is 1. The van der Waals surface area contributed by atoms with Crippen LogP contribution in [0.25, 0.3) is 0 Å². The summed E-state index contributed by atoms with van der Waals surface area (Å²) >= 11 is 17.3. The third kappa shape index (κ3) is 4.31. The van der Waals surface area contributed by atoms with E-state index in [1.54, 1.807) is 31.2 Å². The van der Waals surface area contributed by atoms with Crippen molar-refractivity contribution in [3.05, 3.63) is 45.4 Å². The van der Waals surface area contributed by atoms with Crippen molar-refractivity contribution in [1.82, 2.24) is 0 Å². The molecule has 130 valence electrons. The Balaban J connectivity index is 2.37. The van der Waals surface area contributed by atoms with E-state index in [1.165, 1.54) is 6.08 Å². The summed E-state index contributed by atoms with van der Waals surface area (Å²) in [4.78, 5) is 24.7. The van der Waals surface area contributed by atoms with Crippen LogP contribution in [0.1, 0.15) is 25.3 Å². The van der Waals surface area contributed by atoms with E-state index in [2.05, 4.69) is 0 Å². The Morgan fingerprint density at radius 2 is 2.00 bits per heavy atom. The first-order valence-corrected chi connectivity index (χ1v) is 8.61. The number of ether oxygens (including phenoxy) is 1. The molecule has 0 aromatic heterocycles. The van der Waals surface area contributed by atoms with Crippen molar-refractivity contribution in [3.63, 3.8) is 0 Å². The highest BCUT2D eigenvalue weighted by atomic mass is 35.5. The van der Waals surface area contributed by atoms with Crippen LogP contribution in [0, 0.1) is 11.8 Å². The molecule has 0 aliphatic heterocycles. The lowest BCUT2D eigenvalue weighted by Gasteiger charge is -2.38. The van der Waals surface area contributed by atoms with Crippen molar-refractivity contribution in [2.45, 2.75) is 25.4 Å². The maximum atomic E-state index is 12.6. The van der Waals surface area contributed by atoms with Gasteiger partial charge in [0.25, 0.3) is 0 Å². The quantitative estimate of drug-likeness (QED) is 0.622. The summed E-state index contributed by atoms with van der Waals surface area (Å²) in [5, 5.41) is 11.5. The zero-order chi connectivity index (χ0) is 17.9. The summed E-state index contributed by atoms with van der Waals surface area (Å²) < 4.78 is 4.91. The first-order chi connectivity index (χ1) is 11.3. The number of allylic oxidation sites excluding steroid dienone is 1. The number of benzene rings is 1. The van der Waals surface area contributed by atoms with Gasteiger partial charge >= 0.3 is 5.97 Å². The van der Waals surface area contributed by atoms with Gasteiger partial charge in [-0.25, -0.2) is 0 Å². The molecule has 2 rings (SSSR count). The van der Waals surface area contributed by atoms with Crippen LogP contribution in [0.2, 0.25) is 5.02 Å². The minimum Gasteiger partial charge on any atom is -0.465 e. The SMILES string of the molecule is CCOC(=O)[C@@H]1C(=O)C[C@](O)(c2ccc(Cl)cc2)C[C@H]1C=C(Cl)Cl. The Morgan fingerprint density at radius 1 is 1.38 bits per heavy atom. The van der Waals surface area contributed by atoms with E-state index in [-0.39, 0.29) is 23.9 Å². The van der Waals surface area contributed by atoms with Gasteiger partial charge in [-0.05, 0) is 37.1 Å². The monoisotopic (exact) mass is 390 g/mol. The third-order valence-corrected chi connectivity index (χ3v) is 4.58. The van der Waals surface area contributed by atoms with Crippen molar-refractivity contribution >= 4 is 46.6 Å². The number of hydrogen-bond acceptors (Lipinski definition) is 4. The Kier molecular flexibility index (Phi) is 6.32. The topological polar surface area (TPSA) is 63.6 Å². The minimum absolute atomic E-state index is 0.0672. The molecule has 0 unspecified atom stereocenters. The van der Waals surface area contributed by atoms with Crippen molar-refractivity contribution in [2.75, 3.05) is 6.61 Å². The highest BCUT2D eigenvalue weighted by Gasteiger charge is 2.48. The van der Waals surface area contributed by atoms with Crippen molar-refractivity contribution < 1.29 is 19.4 Å². The fourth-order valence-corrected chi connectivity index (χ4v) is 3.50. The summed E-state index contributed by atoms with van der Waals surface area (Å²) in [6, 6.07) is 6.58. The Morgan fingerprint density at radius 3 is 2.54 bits per heavy atom. The van der Waals surface area contributed by atoms with Crippen molar-refractivity contribution in [2.24, 2.45) is 11.8 Å². The number of esters is 1. The van der Waals surface area contributed by atoms with Crippen LogP contribution in [0.15, 0.2) is 34.8 Å². The maximum absolute atomic E-state index is 12.6. The summed E-state index contributed by atoms with van der Waals surface area (Å²) in [5.41, 5.74) is -0.874. The number of aliphatic hydroxyl groups is 1. The molecule has 24 heavy (non-hydrogen) atoms. The van der Waals surface area contributed by atoms with Crippen LogP contribution < -0.4 is 0 Å². The highest BCUT2D eigenvalue weighted by molar-refractivity contribution is 6.55. The van der Waals surface area contributed by atoms with Crippen LogP contribution in [0.5, 0.6) is 0 Å². The van der Waals surface area contributed by atoms with Gasteiger partial charge in [0.05, 0.1) is 12.2 Å². The van der Waals surface area contributed by atoms with Gasteiger partial charge in [-0.2, -0.15) is 0 Å². The first kappa shape index (κ1) is 19.3. The van der Waals surface area contributed by atoms with Gasteiger partial charge in [0, 0.05) is 17.4 Å². The second kappa shape index (κ2) is 7.87. The number of hydrogen-bond donors (Lipinski definition) is 1. The van der Waals surface area contributed by atoms with Crippen LogP contribution >= 0.6 is 34.8 Å². The minimum atomic E-state index is -1.42. The van der Waals surface area contributed by atoms with Gasteiger partial charge in [-0.15, -0.1) is 0 Å². The molecule has 1 saturated carbocycles. The first-order valence-electron chi connectivity index (χ1n) is 7.47. The standard InChI is InChI=1S/C17H17Cl3O4/c1-2-24-16(22)15-10(7-14(19)20)8-17(23,9-13(15)21)11-3-5-12(18)6-4-11/h3-7,10,15,23H,2,8-9H2,1H3/t10-,15+,17+/m1/s1. The molecule has 1 fully saturated rings. The molecule has 7 heteroatoms. The van der Waals surface area contributed by atoms with E-state index in [0.717, 1.165) is 0 Å². The lowest BCUT2D eigenvalue weighted by molar-refractivity contribution is -0.159. The number of ketones is 1. The molecule has 1 aliphatic carbocycles. The zero-order valence-electron chi connectivity index (χ0n) is 13.0. The predicted molar refractivity (Wildman–Crippen MR) is 93.0 cm³/mol. The molecular weight excluding hydrogens is 375 g/mol. The van der Waals surface area contributed by atoms with Gasteiger partial charge in [-0.3, -0.25) is 9.59 Å². The maximum Gasteiger partial charge on any atom is 0.317 e. The van der Waals surface area contributed by atoms with Crippen molar-refractivity contribution in [3.8, 4) is 0 Å². The fourth-order valence-electron chi connectivity index (χ4n) is 3.05. The Bertz CT molecular complexity index is 652. The molecule has 4 nitrogen and oxygen atoms in total. The van der Waals surface area contributed by atoms with Crippen molar-refractivity contribution in [1.29, 1.82) is 0 Å². The molecule has 1 aromatic carbocycles. The van der Waals surface area contributed by atoms with Gasteiger partial charge in [0.1, 0.15) is 10.4 Å². The Labute approximate surface area is 155 Å². The van der Waals surface area contributed by atoms with E-state index >= 15 is 0 Å². The molecule has 1 aliphatic rings. The average Bonchev–Trinajstić information content (AvgIpc) is 2.46. The van der Waals surface area contributed by atoms with Gasteiger partial charge in [-0.1, -0.05) is 46.9 Å². The lowest BCUT2D eigenvalue weighted by Crippen LogP contribution is -2.45. The van der Waals surface area contributed by atoms with E-state index in [4.69, 9.17) is 39.5 Å². The van der Waals surface area contributed by atoms with E-state index in [0.29, 0.717) is 10.6 Å². The molecule has 1 aromatic rings. The fraction of sp³-hybridized carbons (Fsp3) is 0.412. The second-order valence-corrected chi connectivity index (χ2v) is 7.18. The van der Waals surface area contributed by atoms with E-state index in [1.807, 2.05) is 0 Å². The zero-order valence-corrected chi connectivity index (χ0v) is 15.2. The molecule has 0 saturated heterocycles. The van der Waals surface area contributed by atoms with Crippen LogP contribution in [-0.2, 0) is 19.9 Å². The summed E-state index contributed by atoms with van der Waals surface area (Å²) in [7, 11) is 0. The Hall–Kier alpha value is -1.07. The molecule has 0 amide bonds. The summed E-state index contributed by atoms with van der Waals surface area (Å²) in [5.74, 6) is -2.72. The molecule has 0 radical (unpaired) electrons. The third-order valence-electron chi connectivity index (χ3n) is 4.08. The molecule has 3 atom stereocenters. The lowest BCUT2D eigenvalue weighted by atomic mass is 9.68. The average molecular weight is 392 g/mol. The van der Waals surface area contributed by atoms with Crippen LogP contribution in [0.4, 0.5) is 0 Å². The number of carbonyl (C=O) groups is 2. The second-order valence-electron chi connectivity index (χ2n) is 5.74. The molecule has 0 bridgehead atoms. The molecule has 0 spiro atoms. The van der Waals surface area contributed by atoms with E-state index < -0.39 is 29.2 Å². The number of carbonyl (C=O) groups excluding carboxylic acids is 2. The summed E-state index contributed by atoms with van der Waals surface area (Å²) in [6.45, 7) is 1.82. The highest BCUT2D eigenvalue weighted by Crippen LogP contribution is 2.43. The normalized spacial score (nSPS) is 26.8. The number of halogens is 3. The summed E-state index contributed by atoms with van der Waals surface area (Å²) in [6.07, 6.45) is 1.33. The van der Waals surface area contributed by atoms with Gasteiger partial charge < -0.3 is 9.84 Å². The molecule has 0 heterocycles. The van der Waals surface area contributed by atoms with Crippen LogP contribution in [0.3, 0.4) is 0 Å². The van der Waals surface area contributed by atoms with Gasteiger partial charge in [0.15, 0.2) is 5.78 Å². The molecular formula is C17H17Cl3O4. The van der Waals surface area contributed by atoms with Gasteiger partial charge in [0.2, 0.25) is 0 Å². The number of rotatable bonds is 4. The van der Waals surface area contributed by atoms with E-state index in [9.17, 15) is 14.7 Å². The van der Waals surface area contributed by atoms with Crippen LogP contribution in [-0.4, -0.2) is 23.5 Å². The predicted octanol–water partition coefficient (Wildman–Crippen LogP) is 4.01. The smallest absolute Gasteiger partial charge is 0.317 e. The largest absolute Gasteiger partial charge is 0.465 e.